The molecule has 0 aliphatic rings. The molecule has 0 saturated heterocycles. The molecule has 6 heteroatoms. The fourth-order valence-electron chi connectivity index (χ4n) is 1.72. The van der Waals surface area contributed by atoms with Gasteiger partial charge < -0.3 is 10.5 Å². The number of anilines is 1. The van der Waals surface area contributed by atoms with Gasteiger partial charge in [-0.3, -0.25) is 0 Å². The first-order valence-corrected chi connectivity index (χ1v) is 6.08. The van der Waals surface area contributed by atoms with E-state index in [1.54, 1.807) is 30.3 Å². The molecule has 106 valence electrons. The number of halogens is 4. The first-order chi connectivity index (χ1) is 9.37. The summed E-state index contributed by atoms with van der Waals surface area (Å²) < 4.78 is 40.8. The zero-order valence-corrected chi connectivity index (χ0v) is 11.0. The van der Waals surface area contributed by atoms with Crippen LogP contribution in [0.5, 0.6) is 5.75 Å². The zero-order valence-electron chi connectivity index (χ0n) is 10.2. The van der Waals surface area contributed by atoms with E-state index in [9.17, 15) is 13.2 Å². The second-order valence-electron chi connectivity index (χ2n) is 4.13. The van der Waals surface area contributed by atoms with Crippen LogP contribution in [0.25, 0.3) is 11.1 Å². The molecule has 20 heavy (non-hydrogen) atoms. The molecule has 0 fully saturated rings. The summed E-state index contributed by atoms with van der Waals surface area (Å²) in [6.07, 6.45) is -4.38. The number of nitrogens with two attached hydrogens (primary N) is 1. The Morgan fingerprint density at radius 3 is 2.35 bits per heavy atom. The quantitative estimate of drug-likeness (QED) is 0.845. The van der Waals surface area contributed by atoms with E-state index in [1.165, 1.54) is 12.1 Å². The molecular formula is C14H11ClF3NO. The molecule has 2 aromatic rings. The molecule has 0 atom stereocenters. The summed E-state index contributed by atoms with van der Waals surface area (Å²) in [5.41, 5.74) is 7.51. The van der Waals surface area contributed by atoms with E-state index in [0.29, 0.717) is 21.8 Å². The highest BCUT2D eigenvalue weighted by atomic mass is 35.5. The van der Waals surface area contributed by atoms with Gasteiger partial charge in [-0.1, -0.05) is 29.8 Å². The van der Waals surface area contributed by atoms with Crippen molar-refractivity contribution in [3.63, 3.8) is 0 Å². The lowest BCUT2D eigenvalue weighted by Gasteiger charge is -2.12. The Bertz CT molecular complexity index is 614. The summed E-state index contributed by atoms with van der Waals surface area (Å²) in [6, 6.07) is 11.4. The summed E-state index contributed by atoms with van der Waals surface area (Å²) in [6.45, 7) is -1.35. The highest BCUT2D eigenvalue weighted by molar-refractivity contribution is 6.33. The lowest BCUT2D eigenvalue weighted by molar-refractivity contribution is -0.153. The van der Waals surface area contributed by atoms with Gasteiger partial charge in [-0.25, -0.2) is 0 Å². The van der Waals surface area contributed by atoms with Crippen LogP contribution < -0.4 is 10.5 Å². The number of hydrogen-bond donors (Lipinski definition) is 1. The number of alkyl halides is 3. The van der Waals surface area contributed by atoms with Crippen LogP contribution in [0.2, 0.25) is 5.02 Å². The van der Waals surface area contributed by atoms with Crippen molar-refractivity contribution in [2.24, 2.45) is 0 Å². The van der Waals surface area contributed by atoms with E-state index < -0.39 is 12.8 Å². The average molecular weight is 302 g/mol. The fraction of sp³-hybridized carbons (Fsp3) is 0.143. The standard InChI is InChI=1S/C14H11ClF3NO/c15-12-4-2-1-3-10(12)11-6-5-9(7-13(11)19)20-8-14(16,17)18/h1-7H,8,19H2. The lowest BCUT2D eigenvalue weighted by atomic mass is 10.0. The van der Waals surface area contributed by atoms with Crippen molar-refractivity contribution in [1.29, 1.82) is 0 Å². The predicted octanol–water partition coefficient (Wildman–Crippen LogP) is 4.53. The van der Waals surface area contributed by atoms with Crippen LogP contribution in [-0.2, 0) is 0 Å². The Balaban J connectivity index is 2.25. The minimum Gasteiger partial charge on any atom is -0.484 e. The third-order valence-corrected chi connectivity index (χ3v) is 2.92. The Morgan fingerprint density at radius 1 is 1.05 bits per heavy atom. The summed E-state index contributed by atoms with van der Waals surface area (Å²) in [5.74, 6) is 0.0654. The molecule has 2 N–H and O–H groups in total. The number of benzene rings is 2. The minimum absolute atomic E-state index is 0.0654. The van der Waals surface area contributed by atoms with E-state index in [2.05, 4.69) is 4.74 Å². The van der Waals surface area contributed by atoms with Crippen molar-refractivity contribution in [2.45, 2.75) is 6.18 Å². The van der Waals surface area contributed by atoms with Gasteiger partial charge in [0.1, 0.15) is 5.75 Å². The maximum atomic E-state index is 12.1. The summed E-state index contributed by atoms with van der Waals surface area (Å²) in [4.78, 5) is 0. The van der Waals surface area contributed by atoms with Crippen LogP contribution in [0, 0.1) is 0 Å². The second kappa shape index (κ2) is 5.63. The van der Waals surface area contributed by atoms with Gasteiger partial charge in [0.25, 0.3) is 0 Å². The minimum atomic E-state index is -4.38. The van der Waals surface area contributed by atoms with Crippen LogP contribution in [0.3, 0.4) is 0 Å². The summed E-state index contributed by atoms with van der Waals surface area (Å²) in [5, 5.41) is 0.517. The Hall–Kier alpha value is -1.88. The molecule has 2 rings (SSSR count). The number of ether oxygens (including phenoxy) is 1. The molecule has 2 nitrogen and oxygen atoms in total. The summed E-state index contributed by atoms with van der Waals surface area (Å²) >= 11 is 6.06. The van der Waals surface area contributed by atoms with Crippen LogP contribution in [0.4, 0.5) is 18.9 Å². The molecule has 0 spiro atoms. The normalized spacial score (nSPS) is 11.4. The van der Waals surface area contributed by atoms with Gasteiger partial charge in [0.15, 0.2) is 6.61 Å². The maximum absolute atomic E-state index is 12.1. The first kappa shape index (κ1) is 14.5. The van der Waals surface area contributed by atoms with Gasteiger partial charge in [-0.05, 0) is 18.2 Å². The SMILES string of the molecule is Nc1cc(OCC(F)(F)F)ccc1-c1ccccc1Cl. The van der Waals surface area contributed by atoms with Gasteiger partial charge in [0, 0.05) is 27.9 Å². The molecule has 0 radical (unpaired) electrons. The van der Waals surface area contributed by atoms with Crippen LogP contribution in [-0.4, -0.2) is 12.8 Å². The van der Waals surface area contributed by atoms with E-state index in [0.717, 1.165) is 0 Å². The number of rotatable bonds is 3. The van der Waals surface area contributed by atoms with Crippen LogP contribution >= 0.6 is 11.6 Å². The monoisotopic (exact) mass is 301 g/mol. The molecule has 0 saturated carbocycles. The molecular weight excluding hydrogens is 291 g/mol. The topological polar surface area (TPSA) is 35.2 Å². The van der Waals surface area contributed by atoms with Crippen molar-refractivity contribution in [3.8, 4) is 16.9 Å². The average Bonchev–Trinajstić information content (AvgIpc) is 2.37. The van der Waals surface area contributed by atoms with Gasteiger partial charge in [-0.15, -0.1) is 0 Å². The smallest absolute Gasteiger partial charge is 0.422 e. The molecule has 0 aliphatic heterocycles. The van der Waals surface area contributed by atoms with E-state index in [4.69, 9.17) is 17.3 Å². The second-order valence-corrected chi connectivity index (χ2v) is 4.54. The summed E-state index contributed by atoms with van der Waals surface area (Å²) in [7, 11) is 0. The predicted molar refractivity (Wildman–Crippen MR) is 72.9 cm³/mol. The van der Waals surface area contributed by atoms with E-state index >= 15 is 0 Å². The van der Waals surface area contributed by atoms with Gasteiger partial charge in [0.2, 0.25) is 0 Å². The fourth-order valence-corrected chi connectivity index (χ4v) is 1.96. The van der Waals surface area contributed by atoms with Gasteiger partial charge in [0.05, 0.1) is 0 Å². The maximum Gasteiger partial charge on any atom is 0.422 e. The third-order valence-electron chi connectivity index (χ3n) is 2.59. The van der Waals surface area contributed by atoms with Gasteiger partial charge in [-0.2, -0.15) is 13.2 Å². The number of nitrogen functional groups attached to an aromatic ring is 1. The van der Waals surface area contributed by atoms with Crippen molar-refractivity contribution in [1.82, 2.24) is 0 Å². The molecule has 0 heterocycles. The molecule has 0 unspecified atom stereocenters. The molecule has 2 aromatic carbocycles. The Morgan fingerprint density at radius 2 is 1.75 bits per heavy atom. The van der Waals surface area contributed by atoms with Crippen molar-refractivity contribution in [2.75, 3.05) is 12.3 Å². The Labute approximate surface area is 118 Å². The van der Waals surface area contributed by atoms with E-state index in [1.807, 2.05) is 0 Å². The molecule has 0 bridgehead atoms. The van der Waals surface area contributed by atoms with Crippen molar-refractivity contribution in [3.05, 3.63) is 47.5 Å². The molecule has 0 amide bonds. The van der Waals surface area contributed by atoms with E-state index in [-0.39, 0.29) is 5.75 Å². The third kappa shape index (κ3) is 3.57. The first-order valence-electron chi connectivity index (χ1n) is 5.71. The molecule has 0 aliphatic carbocycles. The number of hydrogen-bond acceptors (Lipinski definition) is 2. The largest absolute Gasteiger partial charge is 0.484 e. The highest BCUT2D eigenvalue weighted by Crippen LogP contribution is 2.34. The Kier molecular flexibility index (Phi) is 4.09. The zero-order chi connectivity index (χ0) is 14.8. The molecule has 0 aromatic heterocycles. The van der Waals surface area contributed by atoms with Crippen LogP contribution in [0.1, 0.15) is 0 Å². The highest BCUT2D eigenvalue weighted by Gasteiger charge is 2.28. The van der Waals surface area contributed by atoms with Crippen molar-refractivity contribution >= 4 is 17.3 Å². The van der Waals surface area contributed by atoms with Crippen molar-refractivity contribution < 1.29 is 17.9 Å². The van der Waals surface area contributed by atoms with Crippen LogP contribution in [0.15, 0.2) is 42.5 Å². The lowest BCUT2D eigenvalue weighted by Crippen LogP contribution is -2.19. The van der Waals surface area contributed by atoms with Gasteiger partial charge >= 0.3 is 6.18 Å².